The maximum Gasteiger partial charge on any atom is 0.264 e. The van der Waals surface area contributed by atoms with Crippen LogP contribution in [-0.2, 0) is 14.5 Å². The Kier molecular flexibility index (Phi) is 7.00. The van der Waals surface area contributed by atoms with Crippen LogP contribution in [0.5, 0.6) is 11.5 Å². The summed E-state index contributed by atoms with van der Waals surface area (Å²) in [6, 6.07) is 6.84. The molecule has 0 spiro atoms. The van der Waals surface area contributed by atoms with Gasteiger partial charge in [0.15, 0.2) is 5.75 Å². The summed E-state index contributed by atoms with van der Waals surface area (Å²) in [6.45, 7) is 0.386. The third-order valence-electron chi connectivity index (χ3n) is 2.09. The summed E-state index contributed by atoms with van der Waals surface area (Å²) in [7, 11) is -3.87. The van der Waals surface area contributed by atoms with Gasteiger partial charge in [0.1, 0.15) is 5.75 Å². The Hall–Kier alpha value is -0.960. The number of hydrogen-bond acceptors (Lipinski definition) is 6. The summed E-state index contributed by atoms with van der Waals surface area (Å²) >= 11 is 1.10. The minimum absolute atomic E-state index is 0.241. The van der Waals surface area contributed by atoms with Gasteiger partial charge in [0, 0.05) is 18.3 Å². The average Bonchev–Trinajstić information content (AvgIpc) is 2.36. The topological polar surface area (TPSA) is 82.1 Å². The van der Waals surface area contributed by atoms with Crippen molar-refractivity contribution in [1.29, 1.82) is 0 Å². The van der Waals surface area contributed by atoms with Gasteiger partial charge in [-0.05, 0) is 37.1 Å². The Morgan fingerprint density at radius 3 is 2.37 bits per heavy atom. The molecule has 0 fully saturated rings. The predicted molar refractivity (Wildman–Crippen MR) is 72.8 cm³/mol. The summed E-state index contributed by atoms with van der Waals surface area (Å²) in [6.07, 6.45) is 2.65. The third-order valence-corrected chi connectivity index (χ3v) is 3.10. The molecule has 0 aliphatic carbocycles. The summed E-state index contributed by atoms with van der Waals surface area (Å²) in [5.74, 6) is 0.978. The maximum absolute atomic E-state index is 10.5. The monoisotopic (exact) mass is 308 g/mol. The number of benzene rings is 1. The van der Waals surface area contributed by atoms with Crippen molar-refractivity contribution in [2.24, 2.45) is 0 Å². The van der Waals surface area contributed by atoms with Crippen LogP contribution in [0.1, 0.15) is 12.8 Å². The maximum atomic E-state index is 10.5. The fourth-order valence-corrected chi connectivity index (χ4v) is 1.96. The van der Waals surface area contributed by atoms with Gasteiger partial charge >= 0.3 is 0 Å². The normalized spacial score (nSPS) is 11.3. The molecule has 0 atom stereocenters. The second-order valence-corrected chi connectivity index (χ2v) is 5.67. The van der Waals surface area contributed by atoms with Gasteiger partial charge in [-0.1, -0.05) is 0 Å². The molecule has 0 unspecified atom stereocenters. The van der Waals surface area contributed by atoms with Crippen LogP contribution in [-0.4, -0.2) is 31.6 Å². The van der Waals surface area contributed by atoms with Crippen molar-refractivity contribution >= 4 is 22.2 Å². The molecular formula is C11H16O6S2. The molecule has 19 heavy (non-hydrogen) atoms. The summed E-state index contributed by atoms with van der Waals surface area (Å²) < 4.78 is 39.6. The molecular weight excluding hydrogens is 292 g/mol. The zero-order valence-electron chi connectivity index (χ0n) is 10.4. The van der Waals surface area contributed by atoms with Gasteiger partial charge in [-0.3, -0.25) is 4.55 Å². The molecule has 0 radical (unpaired) electrons. The zero-order chi connectivity index (χ0) is 14.1. The Labute approximate surface area is 116 Å². The highest BCUT2D eigenvalue weighted by molar-refractivity contribution is 7.93. The molecule has 1 rings (SSSR count). The zero-order valence-corrected chi connectivity index (χ0v) is 12.1. The van der Waals surface area contributed by atoms with E-state index in [9.17, 15) is 8.42 Å². The minimum Gasteiger partial charge on any atom is -0.494 e. The Bertz CT molecular complexity index is 457. The molecule has 108 valence electrons. The highest BCUT2D eigenvalue weighted by Gasteiger charge is 2.03. The number of hydrogen-bond donors (Lipinski definition) is 1. The first kappa shape index (κ1) is 16.1. The van der Waals surface area contributed by atoms with E-state index in [2.05, 4.69) is 0 Å². The van der Waals surface area contributed by atoms with Crippen LogP contribution in [0, 0.1) is 0 Å². The molecule has 1 aromatic rings. The molecule has 0 bridgehead atoms. The molecule has 6 nitrogen and oxygen atoms in total. The molecule has 0 amide bonds. The van der Waals surface area contributed by atoms with E-state index in [1.807, 2.05) is 0 Å². The quantitative estimate of drug-likeness (QED) is 0.246. The molecule has 8 heteroatoms. The van der Waals surface area contributed by atoms with E-state index in [1.54, 1.807) is 30.5 Å². The first-order valence-electron chi connectivity index (χ1n) is 5.56. The SMILES string of the molecule is CSOOc1ccc(OCCCCS(=O)(=O)O)cc1. The first-order chi connectivity index (χ1) is 9.01. The first-order valence-corrected chi connectivity index (χ1v) is 8.32. The van der Waals surface area contributed by atoms with Gasteiger partial charge in [0.2, 0.25) is 0 Å². The lowest BCUT2D eigenvalue weighted by Crippen LogP contribution is -2.06. The van der Waals surface area contributed by atoms with E-state index >= 15 is 0 Å². The van der Waals surface area contributed by atoms with Crippen LogP contribution < -0.4 is 9.62 Å². The van der Waals surface area contributed by atoms with Gasteiger partial charge in [0.25, 0.3) is 10.1 Å². The van der Waals surface area contributed by atoms with E-state index in [0.29, 0.717) is 30.9 Å². The van der Waals surface area contributed by atoms with Crippen LogP contribution in [0.15, 0.2) is 24.3 Å². The van der Waals surface area contributed by atoms with Crippen LogP contribution in [0.2, 0.25) is 0 Å². The summed E-state index contributed by atoms with van der Waals surface area (Å²) in [4.78, 5) is 4.90. The molecule has 1 aromatic carbocycles. The van der Waals surface area contributed by atoms with E-state index in [1.165, 1.54) is 0 Å². The molecule has 1 N–H and O–H groups in total. The Morgan fingerprint density at radius 1 is 1.16 bits per heavy atom. The van der Waals surface area contributed by atoms with Crippen molar-refractivity contribution in [3.8, 4) is 11.5 Å². The lowest BCUT2D eigenvalue weighted by Gasteiger charge is -2.06. The van der Waals surface area contributed by atoms with Crippen molar-refractivity contribution in [2.75, 3.05) is 18.6 Å². The van der Waals surface area contributed by atoms with Crippen LogP contribution in [0.3, 0.4) is 0 Å². The van der Waals surface area contributed by atoms with E-state index in [-0.39, 0.29) is 5.75 Å². The number of ether oxygens (including phenoxy) is 1. The molecule has 0 saturated carbocycles. The van der Waals surface area contributed by atoms with Gasteiger partial charge in [0.05, 0.1) is 12.4 Å². The van der Waals surface area contributed by atoms with Crippen molar-refractivity contribution in [3.05, 3.63) is 24.3 Å². The lowest BCUT2D eigenvalue weighted by atomic mass is 10.3. The fraction of sp³-hybridized carbons (Fsp3) is 0.455. The van der Waals surface area contributed by atoms with Crippen molar-refractivity contribution in [1.82, 2.24) is 0 Å². The molecule has 0 heterocycles. The standard InChI is InChI=1S/C11H16O6S2/c1-18-17-16-11-6-4-10(5-7-11)15-8-2-3-9-19(12,13)14/h4-7H,2-3,8-9H2,1H3,(H,12,13,14). The van der Waals surface area contributed by atoms with Crippen LogP contribution in [0.4, 0.5) is 0 Å². The minimum atomic E-state index is -3.87. The van der Waals surface area contributed by atoms with E-state index in [4.69, 9.17) is 18.5 Å². The highest BCUT2D eigenvalue weighted by Crippen LogP contribution is 2.19. The molecule has 0 aromatic heterocycles. The molecule has 0 aliphatic heterocycles. The Balaban J connectivity index is 2.22. The average molecular weight is 308 g/mol. The van der Waals surface area contributed by atoms with Gasteiger partial charge in [-0.2, -0.15) is 8.42 Å². The third kappa shape index (κ3) is 7.93. The predicted octanol–water partition coefficient (Wildman–Crippen LogP) is 2.32. The smallest absolute Gasteiger partial charge is 0.264 e. The van der Waals surface area contributed by atoms with Crippen LogP contribution >= 0.6 is 12.0 Å². The second kappa shape index (κ2) is 8.26. The van der Waals surface area contributed by atoms with Crippen molar-refractivity contribution in [2.45, 2.75) is 12.8 Å². The molecule has 0 aliphatic rings. The van der Waals surface area contributed by atoms with Crippen molar-refractivity contribution in [3.63, 3.8) is 0 Å². The fourth-order valence-electron chi connectivity index (χ4n) is 1.24. The highest BCUT2D eigenvalue weighted by atomic mass is 32.2. The van der Waals surface area contributed by atoms with Gasteiger partial charge in [-0.25, -0.2) is 0 Å². The lowest BCUT2D eigenvalue weighted by molar-refractivity contribution is -0.0771. The van der Waals surface area contributed by atoms with Crippen molar-refractivity contribution < 1.29 is 26.9 Å². The van der Waals surface area contributed by atoms with Crippen LogP contribution in [0.25, 0.3) is 0 Å². The van der Waals surface area contributed by atoms with E-state index < -0.39 is 10.1 Å². The summed E-state index contributed by atoms with van der Waals surface area (Å²) in [5.41, 5.74) is 0. The second-order valence-electron chi connectivity index (χ2n) is 3.63. The number of rotatable bonds is 9. The van der Waals surface area contributed by atoms with Gasteiger partial charge in [-0.15, -0.1) is 4.33 Å². The molecule has 0 saturated heterocycles. The van der Waals surface area contributed by atoms with Gasteiger partial charge < -0.3 is 9.62 Å². The largest absolute Gasteiger partial charge is 0.494 e. The Morgan fingerprint density at radius 2 is 1.79 bits per heavy atom. The van der Waals surface area contributed by atoms with E-state index in [0.717, 1.165) is 12.0 Å². The summed E-state index contributed by atoms with van der Waals surface area (Å²) in [5, 5.41) is 0. The number of unbranched alkanes of at least 4 members (excludes halogenated alkanes) is 1.